The minimum absolute atomic E-state index is 0.00293. The Morgan fingerprint density at radius 2 is 1.10 bits per heavy atom. The number of carbonyl (C=O) groups excluding carboxylic acids is 6. The third-order valence-corrected chi connectivity index (χ3v) is 20.0. The van der Waals surface area contributed by atoms with Crippen LogP contribution in [0.15, 0.2) is 109 Å². The first-order valence-corrected chi connectivity index (χ1v) is 33.1. The van der Waals surface area contributed by atoms with Crippen molar-refractivity contribution in [3.05, 3.63) is 175 Å². The van der Waals surface area contributed by atoms with Crippen LogP contribution in [-0.4, -0.2) is 109 Å². The van der Waals surface area contributed by atoms with Gasteiger partial charge in [0, 0.05) is 137 Å². The SMILES string of the molecule is CCN1c2cc3c(cc2CCC1CC1(C)C=C(C)c2cc4c(cc2=[N+]1CC)Oc1cc2c(cc1C=4c1ccc(OCC(=O)ON4C(=O)CCC4=O)cc1)C(C)=CC(C)(C)N2CC)C(c1ccc(OCC(=O)ON2C(=O)CCC2=O)cc1)=c1cc2c(cc1O3)=[N+](CC)CCC2. The fourth-order valence-corrected chi connectivity index (χ4v) is 15.8. The summed E-state index contributed by atoms with van der Waals surface area (Å²) in [5.41, 5.74) is 14.8. The van der Waals surface area contributed by atoms with E-state index in [-0.39, 0.29) is 37.3 Å². The van der Waals surface area contributed by atoms with Crippen molar-refractivity contribution in [2.75, 3.05) is 55.7 Å². The van der Waals surface area contributed by atoms with E-state index in [0.29, 0.717) is 21.6 Å². The Balaban J connectivity index is 0.800. The van der Waals surface area contributed by atoms with Gasteiger partial charge < -0.3 is 38.4 Å². The molecule has 94 heavy (non-hydrogen) atoms. The van der Waals surface area contributed by atoms with Gasteiger partial charge in [0.25, 0.3) is 23.6 Å². The van der Waals surface area contributed by atoms with E-state index in [1.165, 1.54) is 33.3 Å². The largest absolute Gasteiger partial charge is 0.482 e. The minimum atomic E-state index is -0.851. The van der Waals surface area contributed by atoms with Crippen LogP contribution in [-0.2, 0) is 51.3 Å². The van der Waals surface area contributed by atoms with Crippen LogP contribution in [0.3, 0.4) is 0 Å². The molecular formula is C76H78N6O12+2. The quantitative estimate of drug-likeness (QED) is 0.0663. The summed E-state index contributed by atoms with van der Waals surface area (Å²) in [5.74, 6) is 0.0646. The van der Waals surface area contributed by atoms with Crippen LogP contribution < -0.4 is 59.1 Å². The third-order valence-electron chi connectivity index (χ3n) is 20.0. The molecule has 6 aromatic rings. The Kier molecular flexibility index (Phi) is 15.7. The summed E-state index contributed by atoms with van der Waals surface area (Å²) in [5, 5.41) is 5.34. The zero-order chi connectivity index (χ0) is 65.6. The number of fused-ring (bicyclic) bond motifs is 8. The van der Waals surface area contributed by atoms with Gasteiger partial charge >= 0.3 is 11.9 Å². The predicted octanol–water partition coefficient (Wildman–Crippen LogP) is 8.76. The number of rotatable bonds is 16. The van der Waals surface area contributed by atoms with Crippen LogP contribution in [0.5, 0.6) is 34.5 Å². The summed E-state index contributed by atoms with van der Waals surface area (Å²) >= 11 is 0. The van der Waals surface area contributed by atoms with Crippen molar-refractivity contribution >= 4 is 69.2 Å². The molecule has 8 aliphatic rings. The summed E-state index contributed by atoms with van der Waals surface area (Å²) < 4.78 is 31.0. The fraction of sp³-hybridized carbons (Fsp3) is 0.368. The first kappa shape index (κ1) is 61.7. The summed E-state index contributed by atoms with van der Waals surface area (Å²) in [7, 11) is 0. The first-order valence-electron chi connectivity index (χ1n) is 33.1. The maximum Gasteiger partial charge on any atom is 0.370 e. The van der Waals surface area contributed by atoms with Crippen LogP contribution in [0, 0.1) is 0 Å². The van der Waals surface area contributed by atoms with Gasteiger partial charge in [0.15, 0.2) is 18.8 Å². The van der Waals surface area contributed by atoms with E-state index in [1.807, 2.05) is 48.5 Å². The van der Waals surface area contributed by atoms with E-state index in [4.69, 9.17) is 28.6 Å². The number of imide groups is 2. The topological polar surface area (TPSA) is 177 Å². The van der Waals surface area contributed by atoms with Crippen LogP contribution in [0.4, 0.5) is 11.4 Å². The molecule has 0 spiro atoms. The molecular weight excluding hydrogens is 1190 g/mol. The number of allylic oxidation sites excluding steroid dienone is 2. The van der Waals surface area contributed by atoms with Gasteiger partial charge in [-0.2, -0.15) is 0 Å². The zero-order valence-electron chi connectivity index (χ0n) is 54.9. The lowest BCUT2D eigenvalue weighted by Gasteiger charge is -2.43. The molecule has 4 amide bonds. The van der Waals surface area contributed by atoms with Gasteiger partial charge in [-0.3, -0.25) is 19.2 Å². The second-order valence-electron chi connectivity index (χ2n) is 26.4. The highest BCUT2D eigenvalue weighted by Crippen LogP contribution is 2.48. The molecule has 8 heterocycles. The van der Waals surface area contributed by atoms with E-state index >= 15 is 0 Å². The van der Waals surface area contributed by atoms with Gasteiger partial charge in [0.1, 0.15) is 54.1 Å². The number of likely N-dealkylation sites (N-methyl/N-ethyl adjacent to an activating group) is 2. The van der Waals surface area contributed by atoms with Crippen LogP contribution in [0.1, 0.15) is 152 Å². The molecule has 8 aliphatic heterocycles. The maximum atomic E-state index is 12.8. The molecule has 0 aliphatic carbocycles. The number of hydroxylamine groups is 4. The number of carbonyl (C=O) groups is 6. The molecule has 482 valence electrons. The van der Waals surface area contributed by atoms with Crippen molar-refractivity contribution < 1.29 is 57.4 Å². The van der Waals surface area contributed by atoms with Gasteiger partial charge in [-0.15, -0.1) is 10.1 Å². The molecule has 2 fully saturated rings. The molecule has 2 unspecified atom stereocenters. The van der Waals surface area contributed by atoms with Crippen molar-refractivity contribution in [1.82, 2.24) is 19.3 Å². The number of ether oxygens (including phenoxy) is 4. The summed E-state index contributed by atoms with van der Waals surface area (Å²) in [6.07, 6.45) is 9.53. The van der Waals surface area contributed by atoms with Gasteiger partial charge in [-0.25, -0.2) is 18.7 Å². The number of anilines is 2. The van der Waals surface area contributed by atoms with E-state index in [1.54, 1.807) is 0 Å². The molecule has 0 aromatic heterocycles. The average Bonchev–Trinajstić information content (AvgIpc) is 0.789. The molecule has 0 N–H and O–H groups in total. The molecule has 0 saturated carbocycles. The van der Waals surface area contributed by atoms with Crippen molar-refractivity contribution in [3.8, 4) is 34.5 Å². The second-order valence-corrected chi connectivity index (χ2v) is 26.4. The highest BCUT2D eigenvalue weighted by molar-refractivity contribution is 6.02. The Morgan fingerprint density at radius 1 is 0.553 bits per heavy atom. The van der Waals surface area contributed by atoms with Crippen molar-refractivity contribution in [2.45, 2.75) is 137 Å². The van der Waals surface area contributed by atoms with Crippen molar-refractivity contribution in [3.63, 3.8) is 0 Å². The van der Waals surface area contributed by atoms with Crippen molar-refractivity contribution in [1.29, 1.82) is 0 Å². The normalized spacial score (nSPS) is 19.8. The van der Waals surface area contributed by atoms with Crippen molar-refractivity contribution in [2.24, 2.45) is 0 Å². The van der Waals surface area contributed by atoms with Gasteiger partial charge in [-0.1, -0.05) is 30.3 Å². The number of benzene rings is 6. The van der Waals surface area contributed by atoms with E-state index in [0.717, 1.165) is 154 Å². The zero-order valence-corrected chi connectivity index (χ0v) is 54.9. The molecule has 14 rings (SSSR count). The lowest BCUT2D eigenvalue weighted by Crippen LogP contribution is -2.55. The summed E-state index contributed by atoms with van der Waals surface area (Å²) in [6, 6.07) is 33.6. The monoisotopic (exact) mass is 1270 g/mol. The highest BCUT2D eigenvalue weighted by Gasteiger charge is 2.44. The fourth-order valence-electron chi connectivity index (χ4n) is 15.8. The molecule has 0 bridgehead atoms. The first-order chi connectivity index (χ1) is 45.2. The second kappa shape index (κ2) is 23.9. The lowest BCUT2D eigenvalue weighted by atomic mass is 9.80. The smallest absolute Gasteiger partial charge is 0.370 e. The molecule has 2 saturated heterocycles. The summed E-state index contributed by atoms with van der Waals surface area (Å²) in [4.78, 5) is 89.0. The van der Waals surface area contributed by atoms with Gasteiger partial charge in [0.05, 0.1) is 17.7 Å². The van der Waals surface area contributed by atoms with E-state index in [2.05, 4.69) is 142 Å². The van der Waals surface area contributed by atoms with E-state index in [9.17, 15) is 28.8 Å². The minimum Gasteiger partial charge on any atom is -0.482 e. The number of hydrogen-bond acceptors (Lipinski definition) is 14. The van der Waals surface area contributed by atoms with Crippen LogP contribution in [0.2, 0.25) is 0 Å². The molecule has 6 aromatic carbocycles. The van der Waals surface area contributed by atoms with Crippen LogP contribution in [0.25, 0.3) is 22.3 Å². The number of nitrogens with zero attached hydrogens (tertiary/aromatic N) is 6. The van der Waals surface area contributed by atoms with E-state index < -0.39 is 54.3 Å². The Bertz CT molecular complexity index is 4590. The molecule has 18 heteroatoms. The van der Waals surface area contributed by atoms with Gasteiger partial charge in [-0.05, 0) is 157 Å². The Hall–Kier alpha value is -9.84. The molecule has 18 nitrogen and oxygen atoms in total. The van der Waals surface area contributed by atoms with Crippen LogP contribution >= 0.6 is 0 Å². The Labute approximate surface area is 545 Å². The van der Waals surface area contributed by atoms with Gasteiger partial charge in [0.2, 0.25) is 10.7 Å². The lowest BCUT2D eigenvalue weighted by molar-refractivity contribution is -0.198. The molecule has 2 atom stereocenters. The number of hydrogen-bond donors (Lipinski definition) is 0. The standard InChI is InChI=1S/C76H78N6O12/c1-10-77-30-14-15-48-31-55-63(35-59(48)77)91-64-36-60-49(32-56(64)73(55)46-17-22-51(23-18-46)89-42-71(87)93-81-67(83)26-27-68(81)84)16-21-50(78(60)11-2)41-76(9)40-45(6)54-34-58-66(38-62(54)80(76)13-4)92-65-37-61-53(44(5)39-75(7,8)79(61)12-3)33-57(65)74(58)47-19-24-52(25-20-47)90-43-72(88)94-82-69(85)28-29-70(82)86/h17-20,22-25,31-40,50H,10-16,21,26-30,41-43H2,1-9H3/q+2. The number of aryl methyl sites for hydroxylation is 2. The summed E-state index contributed by atoms with van der Waals surface area (Å²) in [6.45, 7) is 23.4. The highest BCUT2D eigenvalue weighted by atomic mass is 16.7. The Morgan fingerprint density at radius 3 is 1.65 bits per heavy atom. The number of amides is 4. The maximum absolute atomic E-state index is 12.8. The predicted molar refractivity (Wildman–Crippen MR) is 355 cm³/mol. The molecule has 0 radical (unpaired) electrons. The average molecular weight is 1270 g/mol. The third kappa shape index (κ3) is 10.8.